The van der Waals surface area contributed by atoms with Gasteiger partial charge in [-0.25, -0.2) is 0 Å². The highest BCUT2D eigenvalue weighted by Crippen LogP contribution is 2.16. The van der Waals surface area contributed by atoms with Crippen LogP contribution in [0, 0.1) is 0 Å². The second-order valence-corrected chi connectivity index (χ2v) is 19.2. The molecule has 0 bridgehead atoms. The Bertz CT molecular complexity index is 1150. The molecule has 0 radical (unpaired) electrons. The van der Waals surface area contributed by atoms with E-state index in [-0.39, 0.29) is 31.1 Å². The summed E-state index contributed by atoms with van der Waals surface area (Å²) < 4.78 is 16.8. The van der Waals surface area contributed by atoms with E-state index >= 15 is 0 Å². The summed E-state index contributed by atoms with van der Waals surface area (Å²) in [5.41, 5.74) is 0. The Morgan fingerprint density at radius 3 is 0.955 bits per heavy atom. The number of carbonyl (C=O) groups is 3. The minimum Gasteiger partial charge on any atom is -0.462 e. The first-order chi connectivity index (χ1) is 32.5. The van der Waals surface area contributed by atoms with E-state index in [1.165, 1.54) is 173 Å². The average molecular weight is 926 g/mol. The number of hydrogen-bond acceptors (Lipinski definition) is 6. The maximum absolute atomic E-state index is 12.8. The molecule has 0 aromatic heterocycles. The first-order valence-corrected chi connectivity index (χ1v) is 28.6. The molecule has 0 saturated carbocycles. The van der Waals surface area contributed by atoms with Crippen molar-refractivity contribution in [1.29, 1.82) is 0 Å². The second-order valence-electron chi connectivity index (χ2n) is 19.2. The Balaban J connectivity index is 4.36. The Morgan fingerprint density at radius 1 is 0.318 bits per heavy atom. The summed E-state index contributed by atoms with van der Waals surface area (Å²) in [4.78, 5) is 38.1. The number of carbonyl (C=O) groups excluding carboxylic acids is 3. The summed E-state index contributed by atoms with van der Waals surface area (Å²) in [7, 11) is 0. The van der Waals surface area contributed by atoms with Crippen LogP contribution in [0.2, 0.25) is 0 Å². The number of esters is 3. The van der Waals surface area contributed by atoms with Gasteiger partial charge in [-0.3, -0.25) is 14.4 Å². The fourth-order valence-corrected chi connectivity index (χ4v) is 8.28. The number of ether oxygens (including phenoxy) is 3. The molecule has 0 aliphatic heterocycles. The lowest BCUT2D eigenvalue weighted by Crippen LogP contribution is -2.30. The molecular formula is C60H108O6. The molecule has 0 aliphatic carbocycles. The van der Waals surface area contributed by atoms with Crippen molar-refractivity contribution in [3.05, 3.63) is 48.6 Å². The number of rotatable bonds is 52. The van der Waals surface area contributed by atoms with Gasteiger partial charge in [0.1, 0.15) is 13.2 Å². The zero-order chi connectivity index (χ0) is 47.9. The van der Waals surface area contributed by atoms with Gasteiger partial charge in [-0.05, 0) is 77.0 Å². The topological polar surface area (TPSA) is 78.9 Å². The van der Waals surface area contributed by atoms with E-state index < -0.39 is 6.10 Å². The smallest absolute Gasteiger partial charge is 0.306 e. The Labute approximate surface area is 409 Å². The van der Waals surface area contributed by atoms with Crippen molar-refractivity contribution in [2.45, 2.75) is 303 Å². The van der Waals surface area contributed by atoms with Gasteiger partial charge in [0.05, 0.1) is 0 Å². The van der Waals surface area contributed by atoms with Crippen molar-refractivity contribution in [1.82, 2.24) is 0 Å². The SMILES string of the molecule is CC/C=C\C/C=C\C/C=C\CCCCCC(=O)OCC(COC(=O)CCCCCCCCCCCCCCCCCCCC)OC(=O)CCCCCCCCC/C=C\CCCCCCCC. The zero-order valence-corrected chi connectivity index (χ0v) is 44.0. The summed E-state index contributed by atoms with van der Waals surface area (Å²) in [5.74, 6) is -0.902. The van der Waals surface area contributed by atoms with Crippen LogP contribution in [-0.4, -0.2) is 37.2 Å². The van der Waals surface area contributed by atoms with Gasteiger partial charge in [-0.2, -0.15) is 0 Å². The van der Waals surface area contributed by atoms with Gasteiger partial charge in [-0.1, -0.05) is 249 Å². The molecule has 0 aromatic rings. The van der Waals surface area contributed by atoms with Crippen molar-refractivity contribution in [2.24, 2.45) is 0 Å². The molecule has 0 spiro atoms. The quantitative estimate of drug-likeness (QED) is 0.0262. The Kier molecular flexibility index (Phi) is 52.8. The molecule has 0 aromatic carbocycles. The molecule has 6 heteroatoms. The normalized spacial score (nSPS) is 12.3. The van der Waals surface area contributed by atoms with Crippen LogP contribution in [0.5, 0.6) is 0 Å². The van der Waals surface area contributed by atoms with Gasteiger partial charge in [0.15, 0.2) is 6.10 Å². The minimum absolute atomic E-state index is 0.0812. The Hall–Kier alpha value is -2.63. The minimum atomic E-state index is -0.785. The average Bonchev–Trinajstić information content (AvgIpc) is 3.31. The first kappa shape index (κ1) is 63.4. The van der Waals surface area contributed by atoms with E-state index in [9.17, 15) is 14.4 Å². The Morgan fingerprint density at radius 2 is 0.591 bits per heavy atom. The molecule has 66 heavy (non-hydrogen) atoms. The maximum Gasteiger partial charge on any atom is 0.306 e. The van der Waals surface area contributed by atoms with Crippen LogP contribution >= 0.6 is 0 Å². The number of hydrogen-bond donors (Lipinski definition) is 0. The molecule has 0 heterocycles. The van der Waals surface area contributed by atoms with E-state index in [0.717, 1.165) is 83.5 Å². The van der Waals surface area contributed by atoms with Crippen LogP contribution < -0.4 is 0 Å². The zero-order valence-electron chi connectivity index (χ0n) is 44.0. The summed E-state index contributed by atoms with van der Waals surface area (Å²) in [6, 6.07) is 0. The molecule has 0 N–H and O–H groups in total. The molecule has 384 valence electrons. The third-order valence-corrected chi connectivity index (χ3v) is 12.6. The summed E-state index contributed by atoms with van der Waals surface area (Å²) in [6.45, 7) is 6.53. The summed E-state index contributed by atoms with van der Waals surface area (Å²) >= 11 is 0. The van der Waals surface area contributed by atoms with Gasteiger partial charge in [0.25, 0.3) is 0 Å². The second kappa shape index (κ2) is 55.0. The summed E-state index contributed by atoms with van der Waals surface area (Å²) in [5, 5.41) is 0. The highest BCUT2D eigenvalue weighted by molar-refractivity contribution is 5.71. The van der Waals surface area contributed by atoms with Crippen molar-refractivity contribution in [3.8, 4) is 0 Å². The van der Waals surface area contributed by atoms with Crippen molar-refractivity contribution >= 4 is 17.9 Å². The number of allylic oxidation sites excluding steroid dienone is 8. The fraction of sp³-hybridized carbons (Fsp3) is 0.817. The molecule has 6 nitrogen and oxygen atoms in total. The van der Waals surface area contributed by atoms with E-state index in [0.29, 0.717) is 19.3 Å². The van der Waals surface area contributed by atoms with Gasteiger partial charge in [0, 0.05) is 19.3 Å². The highest BCUT2D eigenvalue weighted by Gasteiger charge is 2.19. The molecule has 1 unspecified atom stereocenters. The lowest BCUT2D eigenvalue weighted by Gasteiger charge is -2.18. The summed E-state index contributed by atoms with van der Waals surface area (Å²) in [6.07, 6.45) is 66.8. The maximum atomic E-state index is 12.8. The molecule has 1 atom stereocenters. The van der Waals surface area contributed by atoms with E-state index in [1.54, 1.807) is 0 Å². The van der Waals surface area contributed by atoms with Crippen LogP contribution in [0.1, 0.15) is 297 Å². The van der Waals surface area contributed by atoms with Crippen LogP contribution in [0.3, 0.4) is 0 Å². The van der Waals surface area contributed by atoms with Crippen molar-refractivity contribution in [3.63, 3.8) is 0 Å². The third-order valence-electron chi connectivity index (χ3n) is 12.6. The largest absolute Gasteiger partial charge is 0.462 e. The molecular weight excluding hydrogens is 817 g/mol. The van der Waals surface area contributed by atoms with Crippen molar-refractivity contribution in [2.75, 3.05) is 13.2 Å². The van der Waals surface area contributed by atoms with Crippen molar-refractivity contribution < 1.29 is 28.6 Å². The molecule has 0 fully saturated rings. The number of unbranched alkanes of at least 4 members (excludes halogenated alkanes) is 33. The van der Waals surface area contributed by atoms with Crippen LogP contribution in [0.15, 0.2) is 48.6 Å². The third kappa shape index (κ3) is 52.3. The predicted molar refractivity (Wildman–Crippen MR) is 284 cm³/mol. The predicted octanol–water partition coefficient (Wildman–Crippen LogP) is 19.0. The first-order valence-electron chi connectivity index (χ1n) is 28.6. The lowest BCUT2D eigenvalue weighted by molar-refractivity contribution is -0.167. The van der Waals surface area contributed by atoms with E-state index in [4.69, 9.17) is 14.2 Å². The van der Waals surface area contributed by atoms with E-state index in [2.05, 4.69) is 69.4 Å². The fourth-order valence-electron chi connectivity index (χ4n) is 8.28. The van der Waals surface area contributed by atoms with Gasteiger partial charge in [-0.15, -0.1) is 0 Å². The molecule has 0 saturated heterocycles. The van der Waals surface area contributed by atoms with Gasteiger partial charge < -0.3 is 14.2 Å². The highest BCUT2D eigenvalue weighted by atomic mass is 16.6. The monoisotopic (exact) mass is 925 g/mol. The van der Waals surface area contributed by atoms with Crippen LogP contribution in [-0.2, 0) is 28.6 Å². The van der Waals surface area contributed by atoms with Gasteiger partial charge in [0.2, 0.25) is 0 Å². The lowest BCUT2D eigenvalue weighted by atomic mass is 10.0. The van der Waals surface area contributed by atoms with Crippen LogP contribution in [0.4, 0.5) is 0 Å². The standard InChI is InChI=1S/C60H108O6/c1-4-7-10-13-16-19-22-25-27-29-31-32-35-38-41-44-47-50-53-59(62)65-56-57(55-64-58(61)52-49-46-43-40-37-34-24-21-18-15-12-9-6-3)66-60(63)54-51-48-45-42-39-36-33-30-28-26-23-20-17-14-11-8-5-2/h9,12,18,21,26,28,34,37,57H,4-8,10-11,13-17,19-20,22-25,27,29-33,35-36,38-56H2,1-3H3/b12-9-,21-18-,28-26-,37-34-. The van der Waals surface area contributed by atoms with Crippen LogP contribution in [0.25, 0.3) is 0 Å². The molecule has 0 amide bonds. The molecule has 0 aliphatic rings. The van der Waals surface area contributed by atoms with Gasteiger partial charge >= 0.3 is 17.9 Å². The molecule has 0 rings (SSSR count). The van der Waals surface area contributed by atoms with E-state index in [1.807, 2.05) is 0 Å².